The number of benzene rings is 1. The van der Waals surface area contributed by atoms with E-state index >= 15 is 0 Å². The fraction of sp³-hybridized carbons (Fsp3) is 0.725. The minimum atomic E-state index is -2.35. The Hall–Kier alpha value is -3.48. The molecule has 12 unspecified atom stereocenters. The van der Waals surface area contributed by atoms with Crippen LogP contribution in [0.15, 0.2) is 60.2 Å². The minimum Gasteiger partial charge on any atom is -0.457 e. The second-order valence-corrected chi connectivity index (χ2v) is 23.8. The molecule has 15 nitrogen and oxygen atoms in total. The molecule has 0 bridgehead atoms. The van der Waals surface area contributed by atoms with Gasteiger partial charge in [-0.1, -0.05) is 78.8 Å². The van der Waals surface area contributed by atoms with E-state index in [9.17, 15) is 19.7 Å². The number of hydrogen-bond donors (Lipinski definition) is 0. The second kappa shape index (κ2) is 27.1. The van der Waals surface area contributed by atoms with Gasteiger partial charge in [0.05, 0.1) is 47.0 Å². The maximum Gasteiger partial charge on any atom is 0.365 e. The number of nitrogens with zero attached hydrogens (tertiary/aromatic N) is 1. The van der Waals surface area contributed by atoms with Crippen LogP contribution >= 0.6 is 0 Å². The molecule has 3 rings (SSSR count). The molecule has 2 aliphatic heterocycles. The van der Waals surface area contributed by atoms with E-state index in [1.54, 1.807) is 20.1 Å². The zero-order chi connectivity index (χ0) is 50.1. The smallest absolute Gasteiger partial charge is 0.365 e. The highest BCUT2D eigenvalue weighted by Gasteiger charge is 2.49. The summed E-state index contributed by atoms with van der Waals surface area (Å²) in [6, 6.07) is 6.94. The Labute approximate surface area is 401 Å². The summed E-state index contributed by atoms with van der Waals surface area (Å²) in [5.41, 5.74) is -1.12. The van der Waals surface area contributed by atoms with Gasteiger partial charge in [-0.2, -0.15) is 0 Å². The van der Waals surface area contributed by atoms with Crippen LogP contribution in [0.4, 0.5) is 5.69 Å². The summed E-state index contributed by atoms with van der Waals surface area (Å²) in [5.74, 6) is -2.35. The Bertz CT molecular complexity index is 1780. The van der Waals surface area contributed by atoms with Gasteiger partial charge in [-0.15, -0.1) is 0 Å². The summed E-state index contributed by atoms with van der Waals surface area (Å²) >= 11 is 0. The molecule has 1 aromatic carbocycles. The topological polar surface area (TPSA) is 173 Å². The maximum absolute atomic E-state index is 14.3. The highest BCUT2D eigenvalue weighted by Crippen LogP contribution is 2.41. The van der Waals surface area contributed by atoms with E-state index in [2.05, 4.69) is 41.5 Å². The lowest BCUT2D eigenvalue weighted by atomic mass is 9.82. The Kier molecular flexibility index (Phi) is 23.4. The standard InChI is InChI=1S/C51H83NO14Si/c1-16-44(57-15)37(10)48-45(60-48)33-50(13,62-38(11)58-17-2)30-21-22-35(8)47-36(9)23-28-43(49(54)65-64-41-26-24-40(25-27-41)52(55)56)51(14,63-39(12)59-18-3)31-29-42(32-46(53)61-47)66-67(19-4,20-5)34(6)7/h21-28,30,34,36-39,42-45,47-48H,16-20,29,31-33H2,1-15H3/b28-23+,30-21+,35-22+. The zero-order valence-electron chi connectivity index (χ0n) is 43.1. The van der Waals surface area contributed by atoms with Crippen LogP contribution < -0.4 is 4.89 Å². The zero-order valence-corrected chi connectivity index (χ0v) is 44.1. The summed E-state index contributed by atoms with van der Waals surface area (Å²) in [4.78, 5) is 50.2. The largest absolute Gasteiger partial charge is 0.457 e. The van der Waals surface area contributed by atoms with Crippen molar-refractivity contribution in [2.45, 2.75) is 201 Å². The number of carbonyl (C=O) groups is 2. The summed E-state index contributed by atoms with van der Waals surface area (Å²) < 4.78 is 50.3. The monoisotopic (exact) mass is 962 g/mol. The lowest BCUT2D eigenvalue weighted by molar-refractivity contribution is -0.384. The first kappa shape index (κ1) is 57.8. The van der Waals surface area contributed by atoms with Gasteiger partial charge in [-0.25, -0.2) is 9.68 Å². The number of nitro groups is 1. The van der Waals surface area contributed by atoms with E-state index < -0.39 is 73.0 Å². The van der Waals surface area contributed by atoms with Gasteiger partial charge in [0.15, 0.2) is 26.6 Å². The third kappa shape index (κ3) is 17.2. The van der Waals surface area contributed by atoms with Crippen molar-refractivity contribution in [1.82, 2.24) is 0 Å². The van der Waals surface area contributed by atoms with Crippen LogP contribution in [-0.2, 0) is 52.1 Å². The molecule has 2 aliphatic rings. The lowest BCUT2D eigenvalue weighted by Crippen LogP contribution is -2.48. The van der Waals surface area contributed by atoms with Gasteiger partial charge in [0.2, 0.25) is 0 Å². The molecule has 0 saturated carbocycles. The first-order valence-corrected chi connectivity index (χ1v) is 26.8. The van der Waals surface area contributed by atoms with Gasteiger partial charge in [0.1, 0.15) is 12.0 Å². The molecule has 0 spiro atoms. The van der Waals surface area contributed by atoms with Crippen molar-refractivity contribution in [1.29, 1.82) is 0 Å². The normalized spacial score (nSPS) is 27.5. The SMILES string of the molecule is CCOC(C)OC(C)(/C=C/C=C(\C)C1OC(=O)CC(O[Si](CC)(CC)C(C)C)CCC(C)(OC(C)OCC)C(C(=O)OOc2ccc([N+](=O)[O-])cc2)/C=C/C1C)CC1OC1C(C)C(CC)OC. The summed E-state index contributed by atoms with van der Waals surface area (Å²) in [5, 5.41) is 11.3. The number of esters is 1. The molecule has 1 saturated heterocycles. The molecule has 380 valence electrons. The van der Waals surface area contributed by atoms with Crippen LogP contribution in [0.5, 0.6) is 5.75 Å². The van der Waals surface area contributed by atoms with Gasteiger partial charge in [0.25, 0.3) is 5.69 Å². The number of epoxide rings is 1. The van der Waals surface area contributed by atoms with Crippen molar-refractivity contribution >= 4 is 25.9 Å². The van der Waals surface area contributed by atoms with Crippen molar-refractivity contribution in [2.24, 2.45) is 17.8 Å². The number of carbonyl (C=O) groups excluding carboxylic acids is 2. The molecule has 0 radical (unpaired) electrons. The quantitative estimate of drug-likeness (QED) is 0.00987. The lowest BCUT2D eigenvalue weighted by Gasteiger charge is -2.40. The molecular formula is C51H83NO14Si. The summed E-state index contributed by atoms with van der Waals surface area (Å²) in [7, 11) is -0.614. The Morgan fingerprint density at radius 3 is 2.22 bits per heavy atom. The average Bonchev–Trinajstić information content (AvgIpc) is 4.04. The molecule has 16 heteroatoms. The van der Waals surface area contributed by atoms with E-state index in [4.69, 9.17) is 47.4 Å². The molecule has 67 heavy (non-hydrogen) atoms. The average molecular weight is 962 g/mol. The number of cyclic esters (lactones) is 1. The van der Waals surface area contributed by atoms with Gasteiger partial charge in [-0.3, -0.25) is 19.8 Å². The van der Waals surface area contributed by atoms with Crippen molar-refractivity contribution in [3.8, 4) is 5.75 Å². The molecule has 0 aromatic heterocycles. The van der Waals surface area contributed by atoms with Gasteiger partial charge in [0, 0.05) is 50.7 Å². The first-order valence-electron chi connectivity index (χ1n) is 24.4. The molecular weight excluding hydrogens is 879 g/mol. The van der Waals surface area contributed by atoms with Crippen molar-refractivity contribution in [3.63, 3.8) is 0 Å². The van der Waals surface area contributed by atoms with Gasteiger partial charge < -0.3 is 37.6 Å². The Balaban J connectivity index is 2.11. The third-order valence-corrected chi connectivity index (χ3v) is 18.8. The number of non-ortho nitro benzene ring substituents is 1. The third-order valence-electron chi connectivity index (χ3n) is 13.5. The highest BCUT2D eigenvalue weighted by atomic mass is 28.4. The number of allylic oxidation sites excluding steroid dienone is 2. The number of methoxy groups -OCH3 is 1. The minimum absolute atomic E-state index is 0.00283. The van der Waals surface area contributed by atoms with Crippen LogP contribution in [0, 0.1) is 27.9 Å². The van der Waals surface area contributed by atoms with Crippen molar-refractivity contribution in [3.05, 3.63) is 70.3 Å². The highest BCUT2D eigenvalue weighted by molar-refractivity contribution is 6.75. The summed E-state index contributed by atoms with van der Waals surface area (Å²) in [6.45, 7) is 28.9. The molecule has 1 aromatic rings. The molecule has 12 atom stereocenters. The van der Waals surface area contributed by atoms with Crippen LogP contribution in [0.2, 0.25) is 17.6 Å². The van der Waals surface area contributed by atoms with Crippen LogP contribution in [0.25, 0.3) is 0 Å². The molecule has 0 N–H and O–H groups in total. The number of ether oxygens (including phenoxy) is 7. The van der Waals surface area contributed by atoms with Gasteiger partial charge >= 0.3 is 11.9 Å². The van der Waals surface area contributed by atoms with Crippen molar-refractivity contribution in [2.75, 3.05) is 20.3 Å². The molecule has 0 amide bonds. The van der Waals surface area contributed by atoms with Crippen LogP contribution in [0.1, 0.15) is 129 Å². The van der Waals surface area contributed by atoms with E-state index in [-0.39, 0.29) is 54.0 Å². The number of hydrogen-bond acceptors (Lipinski definition) is 14. The van der Waals surface area contributed by atoms with Crippen molar-refractivity contribution < 1.29 is 61.9 Å². The van der Waals surface area contributed by atoms with Crippen LogP contribution in [-0.4, -0.2) is 99.8 Å². The predicted octanol–water partition coefficient (Wildman–Crippen LogP) is 11.2. The van der Waals surface area contributed by atoms with E-state index in [0.29, 0.717) is 26.1 Å². The predicted molar refractivity (Wildman–Crippen MR) is 260 cm³/mol. The molecule has 0 aliphatic carbocycles. The first-order chi connectivity index (χ1) is 31.6. The Morgan fingerprint density at radius 2 is 1.66 bits per heavy atom. The molecule has 2 heterocycles. The van der Waals surface area contributed by atoms with E-state index in [1.807, 2.05) is 72.8 Å². The summed E-state index contributed by atoms with van der Waals surface area (Å²) in [6.07, 6.45) is 9.14. The second-order valence-electron chi connectivity index (χ2n) is 18.8. The van der Waals surface area contributed by atoms with E-state index in [0.717, 1.165) is 24.1 Å². The molecule has 1 fully saturated rings. The maximum atomic E-state index is 14.3. The number of nitro benzene ring substituents is 1. The van der Waals surface area contributed by atoms with Gasteiger partial charge in [-0.05, 0) is 103 Å². The number of rotatable bonds is 26. The fourth-order valence-corrected chi connectivity index (χ4v) is 13.0. The fourth-order valence-electron chi connectivity index (χ4n) is 9.41. The van der Waals surface area contributed by atoms with Crippen LogP contribution in [0.3, 0.4) is 0 Å². The Morgan fingerprint density at radius 1 is 1.01 bits per heavy atom. The van der Waals surface area contributed by atoms with E-state index in [1.165, 1.54) is 24.3 Å².